The van der Waals surface area contributed by atoms with E-state index in [9.17, 15) is 0 Å². The first-order valence-corrected chi connectivity index (χ1v) is 3.45. The molecule has 0 rings (SSSR count). The Balaban J connectivity index is 3.32. The van der Waals surface area contributed by atoms with E-state index >= 15 is 0 Å². The van der Waals surface area contributed by atoms with E-state index in [1.807, 2.05) is 7.05 Å². The van der Waals surface area contributed by atoms with Gasteiger partial charge in [-0.05, 0) is 13.5 Å². The van der Waals surface area contributed by atoms with Crippen LogP contribution in [0, 0.1) is 12.3 Å². The molecule has 0 radical (unpaired) electrons. The van der Waals surface area contributed by atoms with Crippen LogP contribution in [0.3, 0.4) is 0 Å². The highest BCUT2D eigenvalue weighted by atomic mass is 14.9. The van der Waals surface area contributed by atoms with E-state index < -0.39 is 0 Å². The Bertz CT molecular complexity index is 91.2. The molecule has 0 aromatic rings. The monoisotopic (exact) mass is 125 g/mol. The van der Waals surface area contributed by atoms with E-state index in [1.165, 1.54) is 12.8 Å². The lowest BCUT2D eigenvalue weighted by Gasteiger charge is -2.10. The van der Waals surface area contributed by atoms with E-state index in [0.29, 0.717) is 6.04 Å². The van der Waals surface area contributed by atoms with Crippen LogP contribution in [0.25, 0.3) is 0 Å². The van der Waals surface area contributed by atoms with Gasteiger partial charge in [-0.25, -0.2) is 0 Å². The number of nitrogens with one attached hydrogen (secondary N) is 1. The molecule has 1 nitrogen and oxygen atoms in total. The summed E-state index contributed by atoms with van der Waals surface area (Å²) in [6.07, 6.45) is 8.38. The minimum atomic E-state index is 0.528. The fraction of sp³-hybridized carbons (Fsp3) is 0.750. The second kappa shape index (κ2) is 5.65. The first kappa shape index (κ1) is 8.52. The molecule has 0 heterocycles. The molecule has 0 saturated carbocycles. The first-order valence-electron chi connectivity index (χ1n) is 3.45. The second-order valence-electron chi connectivity index (χ2n) is 2.18. The lowest BCUT2D eigenvalue weighted by atomic mass is 10.1. The van der Waals surface area contributed by atoms with Crippen molar-refractivity contribution in [1.82, 2.24) is 5.32 Å². The molecule has 1 N–H and O–H groups in total. The van der Waals surface area contributed by atoms with Gasteiger partial charge in [-0.3, -0.25) is 0 Å². The fourth-order valence-electron chi connectivity index (χ4n) is 0.839. The summed E-state index contributed by atoms with van der Waals surface area (Å²) in [5.74, 6) is 2.64. The largest absolute Gasteiger partial charge is 0.316 e. The summed E-state index contributed by atoms with van der Waals surface area (Å²) in [5, 5.41) is 3.16. The number of hydrogen-bond donors (Lipinski definition) is 1. The van der Waals surface area contributed by atoms with Crippen LogP contribution in [0.1, 0.15) is 26.2 Å². The normalized spacial score (nSPS) is 12.6. The lowest BCUT2D eigenvalue weighted by Crippen LogP contribution is -2.23. The summed E-state index contributed by atoms with van der Waals surface area (Å²) >= 11 is 0. The zero-order valence-corrected chi connectivity index (χ0v) is 6.28. The van der Waals surface area contributed by atoms with Crippen molar-refractivity contribution in [2.45, 2.75) is 32.2 Å². The molecule has 1 heteroatoms. The Hall–Kier alpha value is -0.480. The maximum Gasteiger partial charge on any atom is 0.0240 e. The second-order valence-corrected chi connectivity index (χ2v) is 2.18. The van der Waals surface area contributed by atoms with Crippen molar-refractivity contribution in [3.05, 3.63) is 0 Å². The molecule has 9 heavy (non-hydrogen) atoms. The van der Waals surface area contributed by atoms with Crippen LogP contribution in [0.15, 0.2) is 0 Å². The fourth-order valence-corrected chi connectivity index (χ4v) is 0.839. The van der Waals surface area contributed by atoms with E-state index in [0.717, 1.165) is 6.42 Å². The Morgan fingerprint density at radius 3 is 2.67 bits per heavy atom. The van der Waals surface area contributed by atoms with Gasteiger partial charge in [0.05, 0.1) is 0 Å². The topological polar surface area (TPSA) is 12.0 Å². The Kier molecular flexibility index (Phi) is 5.35. The molecular weight excluding hydrogens is 110 g/mol. The number of hydrogen-bond acceptors (Lipinski definition) is 1. The summed E-state index contributed by atoms with van der Waals surface area (Å²) in [6.45, 7) is 2.17. The predicted molar refractivity (Wildman–Crippen MR) is 41.2 cm³/mol. The van der Waals surface area contributed by atoms with Gasteiger partial charge in [0.1, 0.15) is 0 Å². The van der Waals surface area contributed by atoms with Gasteiger partial charge in [0.25, 0.3) is 0 Å². The van der Waals surface area contributed by atoms with Gasteiger partial charge in [-0.15, -0.1) is 12.3 Å². The van der Waals surface area contributed by atoms with Crippen molar-refractivity contribution in [3.8, 4) is 12.3 Å². The molecule has 0 aliphatic heterocycles. The quantitative estimate of drug-likeness (QED) is 0.560. The molecule has 0 saturated heterocycles. The lowest BCUT2D eigenvalue weighted by molar-refractivity contribution is 0.527. The summed E-state index contributed by atoms with van der Waals surface area (Å²) in [7, 11) is 1.96. The maximum atomic E-state index is 5.15. The summed E-state index contributed by atoms with van der Waals surface area (Å²) in [6, 6.07) is 0.528. The van der Waals surface area contributed by atoms with Crippen molar-refractivity contribution < 1.29 is 0 Å². The highest BCUT2D eigenvalue weighted by Gasteiger charge is 1.99. The molecule has 0 aliphatic rings. The Labute approximate surface area is 57.8 Å². The molecule has 0 aliphatic carbocycles. The van der Waals surface area contributed by atoms with E-state index in [2.05, 4.69) is 18.2 Å². The highest BCUT2D eigenvalue weighted by Crippen LogP contribution is 1.98. The van der Waals surface area contributed by atoms with Crippen LogP contribution in [0.5, 0.6) is 0 Å². The van der Waals surface area contributed by atoms with E-state index in [1.54, 1.807) is 0 Å². The minimum absolute atomic E-state index is 0.528. The highest BCUT2D eigenvalue weighted by molar-refractivity contribution is 4.88. The van der Waals surface area contributed by atoms with Gasteiger partial charge in [0.2, 0.25) is 0 Å². The molecule has 0 spiro atoms. The molecule has 1 atom stereocenters. The standard InChI is InChI=1S/C8H15N/c1-4-6-8(9-3)7-5-2/h1,8-9H,5-7H2,2-3H3. The van der Waals surface area contributed by atoms with Crippen LogP contribution < -0.4 is 5.32 Å². The van der Waals surface area contributed by atoms with Crippen molar-refractivity contribution >= 4 is 0 Å². The summed E-state index contributed by atoms with van der Waals surface area (Å²) < 4.78 is 0. The molecule has 52 valence electrons. The Morgan fingerprint density at radius 1 is 1.67 bits per heavy atom. The van der Waals surface area contributed by atoms with Crippen LogP contribution in [0.4, 0.5) is 0 Å². The molecule has 0 bridgehead atoms. The van der Waals surface area contributed by atoms with Gasteiger partial charge in [0.15, 0.2) is 0 Å². The van der Waals surface area contributed by atoms with Gasteiger partial charge in [0, 0.05) is 12.5 Å². The zero-order chi connectivity index (χ0) is 7.11. The average molecular weight is 125 g/mol. The van der Waals surface area contributed by atoms with Crippen LogP contribution in [0.2, 0.25) is 0 Å². The number of terminal acetylenes is 1. The molecule has 0 aromatic heterocycles. The van der Waals surface area contributed by atoms with Crippen molar-refractivity contribution in [1.29, 1.82) is 0 Å². The van der Waals surface area contributed by atoms with Gasteiger partial charge < -0.3 is 5.32 Å². The van der Waals surface area contributed by atoms with Gasteiger partial charge in [-0.1, -0.05) is 13.3 Å². The third-order valence-electron chi connectivity index (χ3n) is 1.41. The van der Waals surface area contributed by atoms with Gasteiger partial charge in [-0.2, -0.15) is 0 Å². The minimum Gasteiger partial charge on any atom is -0.316 e. The Morgan fingerprint density at radius 2 is 2.33 bits per heavy atom. The third kappa shape index (κ3) is 4.05. The molecule has 1 unspecified atom stereocenters. The zero-order valence-electron chi connectivity index (χ0n) is 6.28. The predicted octanol–water partition coefficient (Wildman–Crippen LogP) is 1.40. The molecule has 0 aromatic carbocycles. The van der Waals surface area contributed by atoms with Crippen LogP contribution in [-0.4, -0.2) is 13.1 Å². The summed E-state index contributed by atoms with van der Waals surface area (Å²) in [4.78, 5) is 0. The summed E-state index contributed by atoms with van der Waals surface area (Å²) in [5.41, 5.74) is 0. The number of rotatable bonds is 4. The van der Waals surface area contributed by atoms with E-state index in [-0.39, 0.29) is 0 Å². The van der Waals surface area contributed by atoms with Crippen molar-refractivity contribution in [3.63, 3.8) is 0 Å². The van der Waals surface area contributed by atoms with Gasteiger partial charge >= 0.3 is 0 Å². The van der Waals surface area contributed by atoms with Crippen molar-refractivity contribution in [2.75, 3.05) is 7.05 Å². The van der Waals surface area contributed by atoms with E-state index in [4.69, 9.17) is 6.42 Å². The average Bonchev–Trinajstić information content (AvgIpc) is 1.88. The molecule has 0 amide bonds. The first-order chi connectivity index (χ1) is 4.35. The van der Waals surface area contributed by atoms with Crippen molar-refractivity contribution in [2.24, 2.45) is 0 Å². The molecule has 0 fully saturated rings. The smallest absolute Gasteiger partial charge is 0.0240 e. The SMILES string of the molecule is C#CCC(CCC)NC. The third-order valence-corrected chi connectivity index (χ3v) is 1.41. The molecular formula is C8H15N. The van der Waals surface area contributed by atoms with Crippen LogP contribution in [-0.2, 0) is 0 Å². The van der Waals surface area contributed by atoms with Crippen LogP contribution >= 0.6 is 0 Å². The maximum absolute atomic E-state index is 5.15.